The third-order valence-electron chi connectivity index (χ3n) is 5.05. The zero-order valence-electron chi connectivity index (χ0n) is 14.3. The summed E-state index contributed by atoms with van der Waals surface area (Å²) in [5.74, 6) is 0. The molecule has 1 aliphatic rings. The molecule has 0 aliphatic heterocycles. The van der Waals surface area contributed by atoms with Gasteiger partial charge in [0.05, 0.1) is 0 Å². The van der Waals surface area contributed by atoms with E-state index in [0.29, 0.717) is 0 Å². The summed E-state index contributed by atoms with van der Waals surface area (Å²) in [6, 6.07) is 33.6. The van der Waals surface area contributed by atoms with Crippen LogP contribution in [-0.2, 0) is 0 Å². The predicted octanol–water partition coefficient (Wildman–Crippen LogP) is 3.70. The second kappa shape index (κ2) is 7.46. The van der Waals surface area contributed by atoms with Gasteiger partial charge in [-0.1, -0.05) is 0 Å². The predicted molar refractivity (Wildman–Crippen MR) is 112 cm³/mol. The molecule has 124 valence electrons. The van der Waals surface area contributed by atoms with Crippen LogP contribution >= 0.6 is 0 Å². The Labute approximate surface area is 154 Å². The standard InChI is InChI=1S/C6H7.3C6H5.Sb.H/c4*1-2-4-6-5-3-1;;/h1-2,6H,3,5H2;3*1-5H;;. The number of allylic oxidation sites excluding steroid dienone is 4. The molecule has 4 rings (SSSR count). The molecular formula is C24H23Sb. The van der Waals surface area contributed by atoms with E-state index in [-0.39, 0.29) is 0 Å². The van der Waals surface area contributed by atoms with Crippen LogP contribution in [0.1, 0.15) is 12.8 Å². The first-order valence-electron chi connectivity index (χ1n) is 8.96. The first-order valence-corrected chi connectivity index (χ1v) is 14.7. The van der Waals surface area contributed by atoms with Gasteiger partial charge in [-0.15, -0.1) is 0 Å². The van der Waals surface area contributed by atoms with Gasteiger partial charge in [-0.3, -0.25) is 0 Å². The van der Waals surface area contributed by atoms with Crippen molar-refractivity contribution in [3.63, 3.8) is 0 Å². The van der Waals surface area contributed by atoms with Crippen LogP contribution in [0.25, 0.3) is 0 Å². The molecule has 0 nitrogen and oxygen atoms in total. The van der Waals surface area contributed by atoms with E-state index >= 15 is 0 Å². The summed E-state index contributed by atoms with van der Waals surface area (Å²) in [5.41, 5.74) is 0. The van der Waals surface area contributed by atoms with Gasteiger partial charge >= 0.3 is 155 Å². The monoisotopic (exact) mass is 432 g/mol. The second-order valence-electron chi connectivity index (χ2n) is 6.49. The number of hydrogen-bond donors (Lipinski definition) is 0. The summed E-state index contributed by atoms with van der Waals surface area (Å²) in [6.07, 6.45) is 9.58. The number of benzene rings is 3. The second-order valence-corrected chi connectivity index (χ2v) is 17.4. The van der Waals surface area contributed by atoms with Crippen LogP contribution in [0.5, 0.6) is 0 Å². The fourth-order valence-electron chi connectivity index (χ4n) is 3.96. The molecule has 25 heavy (non-hydrogen) atoms. The average molecular weight is 433 g/mol. The van der Waals surface area contributed by atoms with Gasteiger partial charge < -0.3 is 0 Å². The van der Waals surface area contributed by atoms with Gasteiger partial charge in [0, 0.05) is 0 Å². The van der Waals surface area contributed by atoms with Gasteiger partial charge in [0.25, 0.3) is 0 Å². The molecule has 0 fully saturated rings. The van der Waals surface area contributed by atoms with E-state index in [9.17, 15) is 0 Å². The van der Waals surface area contributed by atoms with Gasteiger partial charge in [0.1, 0.15) is 0 Å². The van der Waals surface area contributed by atoms with Crippen molar-refractivity contribution in [3.05, 3.63) is 113 Å². The van der Waals surface area contributed by atoms with Crippen molar-refractivity contribution in [2.24, 2.45) is 0 Å². The normalized spacial score (nSPS) is 14.8. The molecule has 0 saturated heterocycles. The van der Waals surface area contributed by atoms with Gasteiger partial charge in [0.15, 0.2) is 0 Å². The summed E-state index contributed by atoms with van der Waals surface area (Å²) in [5, 5.41) is 0. The molecule has 1 aliphatic carbocycles. The van der Waals surface area contributed by atoms with Crippen LogP contribution in [0.2, 0.25) is 0 Å². The third-order valence-corrected chi connectivity index (χ3v) is 18.8. The Kier molecular flexibility index (Phi) is 4.90. The van der Waals surface area contributed by atoms with E-state index in [1.165, 1.54) is 10.5 Å². The van der Waals surface area contributed by atoms with E-state index in [0.717, 1.165) is 12.8 Å². The quantitative estimate of drug-likeness (QED) is 0.551. The van der Waals surface area contributed by atoms with Crippen LogP contribution in [0, 0.1) is 0 Å². The van der Waals surface area contributed by atoms with E-state index in [4.69, 9.17) is 0 Å². The molecular weight excluding hydrogens is 410 g/mol. The Morgan fingerprint density at radius 1 is 0.520 bits per heavy atom. The van der Waals surface area contributed by atoms with Crippen LogP contribution in [0.4, 0.5) is 0 Å². The molecule has 0 saturated carbocycles. The first-order chi connectivity index (χ1) is 12.4. The van der Waals surface area contributed by atoms with E-state index in [2.05, 4.69) is 109 Å². The van der Waals surface area contributed by atoms with Crippen molar-refractivity contribution in [1.82, 2.24) is 0 Å². The average Bonchev–Trinajstić information content (AvgIpc) is 2.72. The maximum absolute atomic E-state index is 3.26. The molecule has 1 heteroatoms. The fourth-order valence-corrected chi connectivity index (χ4v) is 17.9. The third kappa shape index (κ3) is 3.00. The molecule has 0 aromatic heterocycles. The van der Waals surface area contributed by atoms with E-state index in [1.807, 2.05) is 0 Å². The van der Waals surface area contributed by atoms with Crippen molar-refractivity contribution in [2.45, 2.75) is 12.8 Å². The fraction of sp³-hybridized carbons (Fsp3) is 0.0833. The van der Waals surface area contributed by atoms with Crippen LogP contribution in [-0.4, -0.2) is 18.8 Å². The number of rotatable bonds is 4. The SMILES string of the molecule is C1=C[C]([SbH]([c]2ccccc2)([c]2ccccc2)[c]2ccccc2)=CCC1. The van der Waals surface area contributed by atoms with Gasteiger partial charge in [-0.05, 0) is 0 Å². The Morgan fingerprint density at radius 2 is 0.960 bits per heavy atom. The van der Waals surface area contributed by atoms with Gasteiger partial charge in [0.2, 0.25) is 0 Å². The molecule has 3 aromatic carbocycles. The van der Waals surface area contributed by atoms with E-state index < -0.39 is 18.8 Å². The van der Waals surface area contributed by atoms with Crippen molar-refractivity contribution >= 4 is 29.3 Å². The Morgan fingerprint density at radius 3 is 1.32 bits per heavy atom. The van der Waals surface area contributed by atoms with E-state index in [1.54, 1.807) is 3.52 Å². The van der Waals surface area contributed by atoms with Crippen LogP contribution in [0.3, 0.4) is 0 Å². The summed E-state index contributed by atoms with van der Waals surface area (Å²) < 4.78 is 6.13. The summed E-state index contributed by atoms with van der Waals surface area (Å²) in [7, 11) is 0. The Hall–Kier alpha value is -2.04. The van der Waals surface area contributed by atoms with Gasteiger partial charge in [-0.2, -0.15) is 0 Å². The molecule has 3 aromatic rings. The van der Waals surface area contributed by atoms with Crippen molar-refractivity contribution in [2.75, 3.05) is 0 Å². The summed E-state index contributed by atoms with van der Waals surface area (Å²) >= 11 is -3.26. The zero-order chi connectivity index (χ0) is 17.0. The summed E-state index contributed by atoms with van der Waals surface area (Å²) in [6.45, 7) is 0. The molecule has 0 atom stereocenters. The maximum atomic E-state index is 2.50. The van der Waals surface area contributed by atoms with Crippen LogP contribution in [0.15, 0.2) is 113 Å². The molecule has 0 spiro atoms. The molecule has 0 radical (unpaired) electrons. The number of hydrogen-bond acceptors (Lipinski definition) is 0. The van der Waals surface area contributed by atoms with Crippen molar-refractivity contribution in [3.8, 4) is 0 Å². The Bertz CT molecular complexity index is 780. The summed E-state index contributed by atoms with van der Waals surface area (Å²) in [4.78, 5) is 0. The van der Waals surface area contributed by atoms with Gasteiger partial charge in [-0.25, -0.2) is 0 Å². The molecule has 0 bridgehead atoms. The zero-order valence-corrected chi connectivity index (χ0v) is 17.2. The minimum atomic E-state index is -3.26. The molecule has 0 N–H and O–H groups in total. The van der Waals surface area contributed by atoms with Crippen LogP contribution < -0.4 is 10.5 Å². The molecule has 0 unspecified atom stereocenters. The molecule has 0 heterocycles. The van der Waals surface area contributed by atoms with Crippen molar-refractivity contribution in [1.29, 1.82) is 0 Å². The topological polar surface area (TPSA) is 0 Å². The molecule has 0 amide bonds. The van der Waals surface area contributed by atoms with Crippen molar-refractivity contribution < 1.29 is 0 Å². The first kappa shape index (κ1) is 16.4. The minimum absolute atomic E-state index is 1.15. The Balaban J connectivity index is 2.09.